The summed E-state index contributed by atoms with van der Waals surface area (Å²) in [5.41, 5.74) is 0.795. The van der Waals surface area contributed by atoms with Gasteiger partial charge in [0.15, 0.2) is 6.29 Å². The van der Waals surface area contributed by atoms with Crippen molar-refractivity contribution in [3.8, 4) is 0 Å². The third-order valence-corrected chi connectivity index (χ3v) is 8.88. The van der Waals surface area contributed by atoms with Gasteiger partial charge >= 0.3 is 11.9 Å². The molecule has 12 nitrogen and oxygen atoms in total. The van der Waals surface area contributed by atoms with Crippen LogP contribution in [-0.4, -0.2) is 100 Å². The number of fused-ring (bicyclic) bond motifs is 4. The Balaban J connectivity index is 1.17. The molecule has 1 saturated carbocycles. The summed E-state index contributed by atoms with van der Waals surface area (Å²) >= 11 is 0. The van der Waals surface area contributed by atoms with Gasteiger partial charge in [-0.1, -0.05) is 5.57 Å². The summed E-state index contributed by atoms with van der Waals surface area (Å²) in [6.07, 6.45) is -4.58. The Kier molecular flexibility index (Phi) is 6.14. The lowest BCUT2D eigenvalue weighted by Crippen LogP contribution is -2.60. The first-order valence-electron chi connectivity index (χ1n) is 12.7. The number of ether oxygens (including phenoxy) is 6. The van der Waals surface area contributed by atoms with Gasteiger partial charge in [0.05, 0.1) is 24.7 Å². The summed E-state index contributed by atoms with van der Waals surface area (Å²) < 4.78 is 34.4. The van der Waals surface area contributed by atoms with E-state index < -0.39 is 79.2 Å². The Morgan fingerprint density at radius 3 is 2.73 bits per heavy atom. The number of rotatable bonds is 5. The van der Waals surface area contributed by atoms with Gasteiger partial charge in [0.2, 0.25) is 6.29 Å². The van der Waals surface area contributed by atoms with E-state index in [1.54, 1.807) is 6.08 Å². The first-order chi connectivity index (χ1) is 17.7. The number of carbonyl (C=O) groups is 2. The van der Waals surface area contributed by atoms with Crippen molar-refractivity contribution >= 4 is 11.9 Å². The molecule has 204 valence electrons. The van der Waals surface area contributed by atoms with E-state index >= 15 is 0 Å². The molecule has 12 heteroatoms. The summed E-state index contributed by atoms with van der Waals surface area (Å²) in [6.45, 7) is 3.14. The monoisotopic (exact) mass is 524 g/mol. The second-order valence-corrected chi connectivity index (χ2v) is 10.9. The van der Waals surface area contributed by atoms with Gasteiger partial charge in [-0.25, -0.2) is 4.79 Å². The van der Waals surface area contributed by atoms with Crippen molar-refractivity contribution in [1.29, 1.82) is 0 Å². The third-order valence-electron chi connectivity index (χ3n) is 8.88. The molecule has 4 N–H and O–H groups in total. The molecule has 0 aromatic carbocycles. The van der Waals surface area contributed by atoms with Crippen molar-refractivity contribution in [2.75, 3.05) is 13.2 Å². The molecule has 6 rings (SSSR count). The highest BCUT2D eigenvalue weighted by atomic mass is 16.8. The minimum absolute atomic E-state index is 0.0233. The van der Waals surface area contributed by atoms with E-state index in [2.05, 4.69) is 0 Å². The summed E-state index contributed by atoms with van der Waals surface area (Å²) in [6, 6.07) is 0. The van der Waals surface area contributed by atoms with E-state index in [1.807, 2.05) is 13.8 Å². The van der Waals surface area contributed by atoms with E-state index in [-0.39, 0.29) is 24.4 Å². The average Bonchev–Trinajstić information content (AvgIpc) is 3.31. The van der Waals surface area contributed by atoms with Crippen LogP contribution in [0, 0.1) is 23.7 Å². The molecule has 0 amide bonds. The van der Waals surface area contributed by atoms with Gasteiger partial charge in [-0.05, 0) is 32.8 Å². The lowest BCUT2D eigenvalue weighted by atomic mass is 9.84. The van der Waals surface area contributed by atoms with Gasteiger partial charge in [0, 0.05) is 17.4 Å². The van der Waals surface area contributed by atoms with Gasteiger partial charge in [-0.2, -0.15) is 0 Å². The van der Waals surface area contributed by atoms with Crippen LogP contribution < -0.4 is 0 Å². The number of carbonyl (C=O) groups excluding carboxylic acids is 2. The largest absolute Gasteiger partial charge is 0.472 e. The summed E-state index contributed by atoms with van der Waals surface area (Å²) in [7, 11) is 0. The maximum Gasteiger partial charge on any atom is 0.334 e. The second kappa shape index (κ2) is 9.01. The fourth-order valence-electron chi connectivity index (χ4n) is 6.75. The van der Waals surface area contributed by atoms with Crippen molar-refractivity contribution in [2.45, 2.75) is 81.5 Å². The van der Waals surface area contributed by atoms with Gasteiger partial charge < -0.3 is 48.8 Å². The minimum atomic E-state index is -1.59. The number of hydrogen-bond acceptors (Lipinski definition) is 12. The van der Waals surface area contributed by atoms with Crippen LogP contribution in [0.2, 0.25) is 0 Å². The second-order valence-electron chi connectivity index (χ2n) is 10.9. The Labute approximate surface area is 212 Å². The van der Waals surface area contributed by atoms with Gasteiger partial charge in [0.1, 0.15) is 48.8 Å². The van der Waals surface area contributed by atoms with Crippen LogP contribution >= 0.6 is 0 Å². The summed E-state index contributed by atoms with van der Waals surface area (Å²) in [4.78, 5) is 25.6. The highest BCUT2D eigenvalue weighted by Crippen LogP contribution is 2.60. The molecule has 0 spiro atoms. The molecule has 4 aliphatic heterocycles. The Hall–Kier alpha value is -2.06. The number of hydrogen-bond donors (Lipinski definition) is 4. The number of esters is 2. The van der Waals surface area contributed by atoms with Crippen LogP contribution in [0.4, 0.5) is 0 Å². The first kappa shape index (κ1) is 25.2. The van der Waals surface area contributed by atoms with Crippen LogP contribution in [0.1, 0.15) is 26.7 Å². The molecule has 4 heterocycles. The molecule has 3 saturated heterocycles. The lowest BCUT2D eigenvalue weighted by molar-refractivity contribution is -0.344. The zero-order chi connectivity index (χ0) is 26.2. The standard InChI is InChI=1S/C25H32O12/c1-9-3-4-10-12(8-33-22(31)14(9)10)21(30)35-19-11-5-6-32-23(15(11)25(2)20(19)37-25)36-24-18(29)17(28)16(27)13(7-26)34-24/h5-6,10-13,15-20,23-24,26-29H,3-4,7-8H2,1-2H3. The summed E-state index contributed by atoms with van der Waals surface area (Å²) in [5.74, 6) is -2.38. The normalized spacial score (nSPS) is 50.1. The quantitative estimate of drug-likeness (QED) is 0.253. The van der Waals surface area contributed by atoms with E-state index in [4.69, 9.17) is 28.4 Å². The molecular formula is C25H32O12. The SMILES string of the molecule is CC1=C2C(=O)OCC(C(=O)OC3C4C=COC(OC5OC(CO)C(O)C(O)C5O)C4C4(C)OC34)C2CC1. The molecular weight excluding hydrogens is 492 g/mol. The molecule has 2 aliphatic carbocycles. The predicted molar refractivity (Wildman–Crippen MR) is 119 cm³/mol. The lowest BCUT2D eigenvalue weighted by Gasteiger charge is -2.43. The van der Waals surface area contributed by atoms with E-state index in [0.29, 0.717) is 12.0 Å². The number of cyclic esters (lactones) is 1. The molecule has 0 aromatic rings. The molecule has 6 aliphatic rings. The van der Waals surface area contributed by atoms with Crippen LogP contribution in [0.5, 0.6) is 0 Å². The van der Waals surface area contributed by atoms with Crippen molar-refractivity contribution < 1.29 is 58.4 Å². The number of epoxide rings is 1. The zero-order valence-electron chi connectivity index (χ0n) is 20.5. The Morgan fingerprint density at radius 2 is 1.97 bits per heavy atom. The van der Waals surface area contributed by atoms with Crippen molar-refractivity contribution in [3.05, 3.63) is 23.5 Å². The van der Waals surface area contributed by atoms with Crippen molar-refractivity contribution in [2.24, 2.45) is 23.7 Å². The molecule has 0 aromatic heterocycles. The van der Waals surface area contributed by atoms with E-state index in [9.17, 15) is 30.0 Å². The third kappa shape index (κ3) is 3.84. The van der Waals surface area contributed by atoms with Crippen molar-refractivity contribution in [1.82, 2.24) is 0 Å². The molecule has 37 heavy (non-hydrogen) atoms. The van der Waals surface area contributed by atoms with Gasteiger partial charge in [-0.15, -0.1) is 0 Å². The maximum absolute atomic E-state index is 13.3. The Morgan fingerprint density at radius 1 is 1.19 bits per heavy atom. The molecule has 0 radical (unpaired) electrons. The fraction of sp³-hybridized carbons (Fsp3) is 0.760. The summed E-state index contributed by atoms with van der Waals surface area (Å²) in [5, 5.41) is 40.0. The molecule has 4 fully saturated rings. The average molecular weight is 525 g/mol. The fourth-order valence-corrected chi connectivity index (χ4v) is 6.75. The minimum Gasteiger partial charge on any atom is -0.472 e. The van der Waals surface area contributed by atoms with E-state index in [0.717, 1.165) is 12.0 Å². The van der Waals surface area contributed by atoms with Crippen molar-refractivity contribution in [3.63, 3.8) is 0 Å². The van der Waals surface area contributed by atoms with E-state index in [1.165, 1.54) is 6.26 Å². The van der Waals surface area contributed by atoms with Gasteiger partial charge in [-0.3, -0.25) is 4.79 Å². The van der Waals surface area contributed by atoms with Gasteiger partial charge in [0.25, 0.3) is 0 Å². The highest BCUT2D eigenvalue weighted by molar-refractivity contribution is 5.93. The smallest absolute Gasteiger partial charge is 0.334 e. The van der Waals surface area contributed by atoms with Crippen LogP contribution in [0.25, 0.3) is 0 Å². The molecule has 13 unspecified atom stereocenters. The number of allylic oxidation sites excluding steroid dienone is 1. The predicted octanol–water partition coefficient (Wildman–Crippen LogP) is -1.11. The zero-order valence-corrected chi connectivity index (χ0v) is 20.5. The maximum atomic E-state index is 13.3. The van der Waals surface area contributed by atoms with Crippen LogP contribution in [0.15, 0.2) is 23.5 Å². The molecule has 13 atom stereocenters. The van der Waals surface area contributed by atoms with Crippen LogP contribution in [-0.2, 0) is 38.0 Å². The molecule has 0 bridgehead atoms. The highest BCUT2D eigenvalue weighted by Gasteiger charge is 2.75. The number of aliphatic hydroxyl groups is 4. The Bertz CT molecular complexity index is 1020. The first-order valence-corrected chi connectivity index (χ1v) is 12.7. The number of aliphatic hydroxyl groups excluding tert-OH is 4. The topological polar surface area (TPSA) is 174 Å². The van der Waals surface area contributed by atoms with Crippen LogP contribution in [0.3, 0.4) is 0 Å².